The molecule has 2 aliphatic heterocycles. The molecule has 0 bridgehead atoms. The fraction of sp³-hybridized carbons (Fsp3) is 0.588. The molecule has 2 fully saturated rings. The Morgan fingerprint density at radius 3 is 2.81 bits per heavy atom. The van der Waals surface area contributed by atoms with Crippen molar-refractivity contribution in [1.82, 2.24) is 10.2 Å². The number of nitrogens with zero attached hydrogens (tertiary/aromatic N) is 2. The zero-order valence-electron chi connectivity index (χ0n) is 13.0. The number of likely N-dealkylation sites (tertiary alicyclic amines) is 1. The maximum Gasteiger partial charge on any atom is 0.157 e. The number of hydrogen-bond donors (Lipinski definition) is 1. The molecule has 1 aromatic carbocycles. The molecule has 1 aromatic rings. The van der Waals surface area contributed by atoms with Crippen molar-refractivity contribution in [2.45, 2.75) is 38.9 Å². The van der Waals surface area contributed by atoms with Crippen LogP contribution in [0.25, 0.3) is 0 Å². The largest absolute Gasteiger partial charge is 0.362 e. The normalized spacial score (nSPS) is 32.3. The predicted molar refractivity (Wildman–Crippen MR) is 91.8 cm³/mol. The van der Waals surface area contributed by atoms with Crippen LogP contribution in [0, 0.1) is 5.92 Å². The molecular formula is C17H25N3S. The molecule has 2 aliphatic rings. The van der Waals surface area contributed by atoms with E-state index >= 15 is 0 Å². The highest BCUT2D eigenvalue weighted by Crippen LogP contribution is 2.23. The maximum atomic E-state index is 4.99. The summed E-state index contributed by atoms with van der Waals surface area (Å²) in [7, 11) is 0. The lowest BCUT2D eigenvalue weighted by molar-refractivity contribution is 0.319. The molecule has 0 aromatic heterocycles. The van der Waals surface area contributed by atoms with E-state index in [1.165, 1.54) is 17.7 Å². The van der Waals surface area contributed by atoms with Crippen LogP contribution in [-0.2, 0) is 6.54 Å². The Bertz CT molecular complexity index is 488. The van der Waals surface area contributed by atoms with Gasteiger partial charge in [-0.2, -0.15) is 0 Å². The fourth-order valence-electron chi connectivity index (χ4n) is 3.07. The van der Waals surface area contributed by atoms with Crippen LogP contribution in [0.2, 0.25) is 0 Å². The Labute approximate surface area is 132 Å². The molecule has 4 heteroatoms. The van der Waals surface area contributed by atoms with E-state index in [9.17, 15) is 0 Å². The standard InChI is InChI=1S/C17H25N3S/c1-13-10-20(11-15-6-4-3-5-7-15)12-16(13)19-17-18-14(2)8-9-21-17/h3-7,13-14,16H,8-12H2,1-2H3,(H,18,19). The molecule has 0 saturated carbocycles. The van der Waals surface area contributed by atoms with E-state index in [1.54, 1.807) is 0 Å². The van der Waals surface area contributed by atoms with Crippen LogP contribution in [0.3, 0.4) is 0 Å². The molecule has 2 heterocycles. The second-order valence-electron chi connectivity index (χ2n) is 6.34. The third-order valence-corrected chi connectivity index (χ3v) is 5.28. The van der Waals surface area contributed by atoms with Gasteiger partial charge >= 0.3 is 0 Å². The van der Waals surface area contributed by atoms with E-state index in [0.29, 0.717) is 18.0 Å². The molecule has 0 radical (unpaired) electrons. The lowest BCUT2D eigenvalue weighted by atomic mass is 10.1. The smallest absolute Gasteiger partial charge is 0.157 e. The summed E-state index contributed by atoms with van der Waals surface area (Å²) < 4.78 is 0. The van der Waals surface area contributed by atoms with Crippen molar-refractivity contribution in [1.29, 1.82) is 0 Å². The number of hydrogen-bond acceptors (Lipinski definition) is 3. The quantitative estimate of drug-likeness (QED) is 0.930. The highest BCUT2D eigenvalue weighted by molar-refractivity contribution is 8.13. The summed E-state index contributed by atoms with van der Waals surface area (Å²) in [4.78, 5) is 7.52. The third-order valence-electron chi connectivity index (χ3n) is 4.34. The molecule has 3 nitrogen and oxygen atoms in total. The van der Waals surface area contributed by atoms with Gasteiger partial charge in [0.05, 0.1) is 6.04 Å². The lowest BCUT2D eigenvalue weighted by Crippen LogP contribution is -2.36. The van der Waals surface area contributed by atoms with Gasteiger partial charge in [-0.1, -0.05) is 49.0 Å². The summed E-state index contributed by atoms with van der Waals surface area (Å²) in [5, 5.41) is 4.68. The number of nitrogens with one attached hydrogen (secondary N) is 1. The average molecular weight is 303 g/mol. The molecular weight excluding hydrogens is 278 g/mol. The van der Waals surface area contributed by atoms with Gasteiger partial charge in [-0.05, 0) is 24.8 Å². The Balaban J connectivity index is 1.59. The van der Waals surface area contributed by atoms with E-state index in [-0.39, 0.29) is 0 Å². The minimum Gasteiger partial charge on any atom is -0.362 e. The Hall–Kier alpha value is -1.00. The van der Waals surface area contributed by atoms with Gasteiger partial charge in [-0.15, -0.1) is 0 Å². The van der Waals surface area contributed by atoms with Crippen LogP contribution in [0.15, 0.2) is 35.3 Å². The van der Waals surface area contributed by atoms with Gasteiger partial charge < -0.3 is 5.32 Å². The van der Waals surface area contributed by atoms with Gasteiger partial charge in [0.1, 0.15) is 0 Å². The topological polar surface area (TPSA) is 27.6 Å². The number of thioether (sulfide) groups is 1. The molecule has 0 aliphatic carbocycles. The molecule has 3 unspecified atom stereocenters. The first-order chi connectivity index (χ1) is 10.2. The Kier molecular flexibility index (Phi) is 4.86. The second-order valence-corrected chi connectivity index (χ2v) is 7.42. The maximum absolute atomic E-state index is 4.99. The molecule has 2 saturated heterocycles. The van der Waals surface area contributed by atoms with Gasteiger partial charge in [-0.25, -0.2) is 0 Å². The zero-order chi connectivity index (χ0) is 14.7. The first kappa shape index (κ1) is 14.9. The second kappa shape index (κ2) is 6.84. The highest BCUT2D eigenvalue weighted by atomic mass is 32.2. The van der Waals surface area contributed by atoms with Crippen LogP contribution >= 0.6 is 11.8 Å². The van der Waals surface area contributed by atoms with Crippen LogP contribution in [0.4, 0.5) is 0 Å². The number of aliphatic imine (C=N–C) groups is 1. The minimum atomic E-state index is 0.439. The van der Waals surface area contributed by atoms with E-state index in [1.807, 2.05) is 11.8 Å². The molecule has 0 amide bonds. The number of benzene rings is 1. The minimum absolute atomic E-state index is 0.439. The molecule has 3 rings (SSSR count). The monoisotopic (exact) mass is 303 g/mol. The molecule has 1 N–H and O–H groups in total. The average Bonchev–Trinajstić information content (AvgIpc) is 2.80. The Morgan fingerprint density at radius 1 is 1.24 bits per heavy atom. The van der Waals surface area contributed by atoms with Gasteiger partial charge in [0.25, 0.3) is 0 Å². The van der Waals surface area contributed by atoms with E-state index in [2.05, 4.69) is 54.4 Å². The molecule has 0 spiro atoms. The van der Waals surface area contributed by atoms with Crippen LogP contribution in [0.1, 0.15) is 25.8 Å². The van der Waals surface area contributed by atoms with E-state index < -0.39 is 0 Å². The van der Waals surface area contributed by atoms with Crippen molar-refractivity contribution in [3.05, 3.63) is 35.9 Å². The van der Waals surface area contributed by atoms with Crippen LogP contribution < -0.4 is 5.32 Å². The van der Waals surface area contributed by atoms with Gasteiger partial charge in [0.15, 0.2) is 5.17 Å². The van der Waals surface area contributed by atoms with Crippen LogP contribution in [0.5, 0.6) is 0 Å². The third kappa shape index (κ3) is 4.01. The van der Waals surface area contributed by atoms with Gasteiger partial charge in [-0.3, -0.25) is 9.89 Å². The van der Waals surface area contributed by atoms with E-state index in [0.717, 1.165) is 24.8 Å². The van der Waals surface area contributed by atoms with Gasteiger partial charge in [0, 0.05) is 31.4 Å². The van der Waals surface area contributed by atoms with E-state index in [4.69, 9.17) is 4.99 Å². The Morgan fingerprint density at radius 2 is 2.05 bits per heavy atom. The predicted octanol–water partition coefficient (Wildman–Crippen LogP) is 2.98. The first-order valence-corrected chi connectivity index (χ1v) is 8.92. The first-order valence-electron chi connectivity index (χ1n) is 7.94. The molecule has 114 valence electrons. The molecule has 3 atom stereocenters. The SMILES string of the molecule is CC1CCSC(=NC2CN(Cc3ccccc3)CC2C)N1. The lowest BCUT2D eigenvalue weighted by Gasteiger charge is -2.23. The summed E-state index contributed by atoms with van der Waals surface area (Å²) in [6.45, 7) is 7.85. The summed E-state index contributed by atoms with van der Waals surface area (Å²) >= 11 is 1.88. The summed E-state index contributed by atoms with van der Waals surface area (Å²) in [5.41, 5.74) is 1.40. The fourth-order valence-corrected chi connectivity index (χ4v) is 4.23. The summed E-state index contributed by atoms with van der Waals surface area (Å²) in [6, 6.07) is 11.8. The highest BCUT2D eigenvalue weighted by Gasteiger charge is 2.30. The number of rotatable bonds is 3. The summed E-state index contributed by atoms with van der Waals surface area (Å²) in [6.07, 6.45) is 1.24. The van der Waals surface area contributed by atoms with Crippen LogP contribution in [-0.4, -0.2) is 41.0 Å². The van der Waals surface area contributed by atoms with Crippen molar-refractivity contribution >= 4 is 16.9 Å². The number of amidine groups is 1. The van der Waals surface area contributed by atoms with Gasteiger partial charge in [0.2, 0.25) is 0 Å². The zero-order valence-corrected chi connectivity index (χ0v) is 13.8. The van der Waals surface area contributed by atoms with Crippen molar-refractivity contribution in [3.63, 3.8) is 0 Å². The van der Waals surface area contributed by atoms with Crippen molar-refractivity contribution < 1.29 is 0 Å². The summed E-state index contributed by atoms with van der Waals surface area (Å²) in [5.74, 6) is 1.84. The van der Waals surface area contributed by atoms with Crippen molar-refractivity contribution in [2.75, 3.05) is 18.8 Å². The molecule has 21 heavy (non-hydrogen) atoms. The van der Waals surface area contributed by atoms with Crippen molar-refractivity contribution in [2.24, 2.45) is 10.9 Å². The van der Waals surface area contributed by atoms with Crippen molar-refractivity contribution in [3.8, 4) is 0 Å².